The van der Waals surface area contributed by atoms with E-state index in [2.05, 4.69) is 16.7 Å². The van der Waals surface area contributed by atoms with Crippen molar-refractivity contribution in [2.45, 2.75) is 39.3 Å². The molecule has 3 rings (SSSR count). The second-order valence-corrected chi connectivity index (χ2v) is 5.64. The van der Waals surface area contributed by atoms with Crippen LogP contribution in [-0.4, -0.2) is 11.9 Å². The maximum atomic E-state index is 12.2. The molecule has 0 radical (unpaired) electrons. The smallest absolute Gasteiger partial charge is 0.259 e. The second-order valence-electron chi connectivity index (χ2n) is 5.64. The molecule has 4 nitrogen and oxygen atoms in total. The quantitative estimate of drug-likeness (QED) is 0.884. The van der Waals surface area contributed by atoms with Crippen LogP contribution in [0.1, 0.15) is 40.3 Å². The zero-order chi connectivity index (χ0) is 14.8. The standard InChI is InChI=1S/C17H20N2O2/c1-11-8-16(12(2)21-11)17(20)19-15-5-3-4-13(9-15)10-18-14-6-7-14/h3-5,8-9,14,18H,6-7,10H2,1-2H3,(H,19,20). The Labute approximate surface area is 124 Å². The number of furan rings is 1. The fourth-order valence-electron chi connectivity index (χ4n) is 2.36. The third-order valence-corrected chi connectivity index (χ3v) is 3.64. The van der Waals surface area contributed by atoms with Gasteiger partial charge < -0.3 is 15.1 Å². The molecule has 1 aliphatic carbocycles. The van der Waals surface area contributed by atoms with Crippen LogP contribution in [0.15, 0.2) is 34.7 Å². The molecule has 0 unspecified atom stereocenters. The number of hydrogen-bond donors (Lipinski definition) is 2. The average Bonchev–Trinajstić information content (AvgIpc) is 3.21. The monoisotopic (exact) mass is 284 g/mol. The Morgan fingerprint density at radius 2 is 2.10 bits per heavy atom. The molecular formula is C17H20N2O2. The molecule has 1 aliphatic rings. The van der Waals surface area contributed by atoms with Crippen LogP contribution in [-0.2, 0) is 6.54 Å². The molecule has 2 N–H and O–H groups in total. The normalized spacial score (nSPS) is 14.2. The fourth-order valence-corrected chi connectivity index (χ4v) is 2.36. The van der Waals surface area contributed by atoms with Crippen LogP contribution in [0, 0.1) is 13.8 Å². The van der Waals surface area contributed by atoms with Gasteiger partial charge in [0.25, 0.3) is 5.91 Å². The van der Waals surface area contributed by atoms with Gasteiger partial charge in [-0.3, -0.25) is 4.79 Å². The zero-order valence-corrected chi connectivity index (χ0v) is 12.4. The van der Waals surface area contributed by atoms with E-state index in [0.29, 0.717) is 17.4 Å². The molecule has 0 saturated heterocycles. The van der Waals surface area contributed by atoms with Gasteiger partial charge in [-0.05, 0) is 50.5 Å². The van der Waals surface area contributed by atoms with Gasteiger partial charge in [-0.1, -0.05) is 12.1 Å². The fraction of sp³-hybridized carbons (Fsp3) is 0.353. The Kier molecular flexibility index (Phi) is 3.80. The first-order chi connectivity index (χ1) is 10.1. The summed E-state index contributed by atoms with van der Waals surface area (Å²) in [6.45, 7) is 4.49. The van der Waals surface area contributed by atoms with Crippen molar-refractivity contribution in [2.24, 2.45) is 0 Å². The van der Waals surface area contributed by atoms with Gasteiger partial charge in [0.05, 0.1) is 5.56 Å². The number of hydrogen-bond acceptors (Lipinski definition) is 3. The molecule has 2 aromatic rings. The van der Waals surface area contributed by atoms with E-state index in [4.69, 9.17) is 4.42 Å². The molecule has 110 valence electrons. The molecule has 1 heterocycles. The number of benzene rings is 1. The van der Waals surface area contributed by atoms with Gasteiger partial charge in [-0.25, -0.2) is 0 Å². The van der Waals surface area contributed by atoms with Crippen molar-refractivity contribution in [3.8, 4) is 0 Å². The molecule has 1 aromatic carbocycles. The lowest BCUT2D eigenvalue weighted by Crippen LogP contribution is -2.16. The second kappa shape index (κ2) is 5.74. The lowest BCUT2D eigenvalue weighted by atomic mass is 10.2. The topological polar surface area (TPSA) is 54.3 Å². The summed E-state index contributed by atoms with van der Waals surface area (Å²) >= 11 is 0. The molecule has 1 amide bonds. The highest BCUT2D eigenvalue weighted by Crippen LogP contribution is 2.20. The summed E-state index contributed by atoms with van der Waals surface area (Å²) in [5.41, 5.74) is 2.59. The van der Waals surface area contributed by atoms with Gasteiger partial charge in [-0.15, -0.1) is 0 Å². The minimum Gasteiger partial charge on any atom is -0.466 e. The van der Waals surface area contributed by atoms with Crippen LogP contribution >= 0.6 is 0 Å². The molecule has 0 spiro atoms. The number of anilines is 1. The summed E-state index contributed by atoms with van der Waals surface area (Å²) in [5, 5.41) is 6.40. The highest BCUT2D eigenvalue weighted by molar-refractivity contribution is 6.05. The summed E-state index contributed by atoms with van der Waals surface area (Å²) in [6.07, 6.45) is 2.55. The summed E-state index contributed by atoms with van der Waals surface area (Å²) in [6, 6.07) is 10.4. The maximum absolute atomic E-state index is 12.2. The highest BCUT2D eigenvalue weighted by atomic mass is 16.3. The Morgan fingerprint density at radius 1 is 1.29 bits per heavy atom. The predicted molar refractivity (Wildman–Crippen MR) is 82.4 cm³/mol. The third kappa shape index (κ3) is 3.52. The molecule has 0 aliphatic heterocycles. The zero-order valence-electron chi connectivity index (χ0n) is 12.4. The molecule has 1 saturated carbocycles. The number of aryl methyl sites for hydroxylation is 2. The third-order valence-electron chi connectivity index (χ3n) is 3.64. The minimum atomic E-state index is -0.128. The van der Waals surface area contributed by atoms with Crippen molar-refractivity contribution in [3.05, 3.63) is 53.0 Å². The van der Waals surface area contributed by atoms with E-state index >= 15 is 0 Å². The Morgan fingerprint density at radius 3 is 2.76 bits per heavy atom. The Bertz CT molecular complexity index is 657. The van der Waals surface area contributed by atoms with Crippen molar-refractivity contribution < 1.29 is 9.21 Å². The van der Waals surface area contributed by atoms with Gasteiger partial charge in [0.2, 0.25) is 0 Å². The van der Waals surface area contributed by atoms with E-state index in [0.717, 1.165) is 18.0 Å². The van der Waals surface area contributed by atoms with E-state index < -0.39 is 0 Å². The van der Waals surface area contributed by atoms with Crippen LogP contribution in [0.25, 0.3) is 0 Å². The molecule has 0 bridgehead atoms. The van der Waals surface area contributed by atoms with E-state index in [1.54, 1.807) is 13.0 Å². The minimum absolute atomic E-state index is 0.128. The summed E-state index contributed by atoms with van der Waals surface area (Å²) in [5.74, 6) is 1.27. The van der Waals surface area contributed by atoms with Crippen LogP contribution in [0.5, 0.6) is 0 Å². The first-order valence-electron chi connectivity index (χ1n) is 7.32. The molecule has 4 heteroatoms. The summed E-state index contributed by atoms with van der Waals surface area (Å²) in [7, 11) is 0. The van der Waals surface area contributed by atoms with Crippen LogP contribution in [0.2, 0.25) is 0 Å². The van der Waals surface area contributed by atoms with Crippen molar-refractivity contribution in [3.63, 3.8) is 0 Å². The number of nitrogens with one attached hydrogen (secondary N) is 2. The van der Waals surface area contributed by atoms with Crippen molar-refractivity contribution in [2.75, 3.05) is 5.32 Å². The molecule has 1 fully saturated rings. The van der Waals surface area contributed by atoms with E-state index in [9.17, 15) is 4.79 Å². The Balaban J connectivity index is 1.67. The predicted octanol–water partition coefficient (Wildman–Crippen LogP) is 3.40. The van der Waals surface area contributed by atoms with Gasteiger partial charge in [-0.2, -0.15) is 0 Å². The van der Waals surface area contributed by atoms with Crippen LogP contribution in [0.4, 0.5) is 5.69 Å². The summed E-state index contributed by atoms with van der Waals surface area (Å²) in [4.78, 5) is 12.2. The molecule has 1 aromatic heterocycles. The molecular weight excluding hydrogens is 264 g/mol. The average molecular weight is 284 g/mol. The van der Waals surface area contributed by atoms with E-state index in [1.807, 2.05) is 25.1 Å². The number of rotatable bonds is 5. The SMILES string of the molecule is Cc1cc(C(=O)Nc2cccc(CNC3CC3)c2)c(C)o1. The van der Waals surface area contributed by atoms with Crippen molar-refractivity contribution >= 4 is 11.6 Å². The van der Waals surface area contributed by atoms with Gasteiger partial charge in [0, 0.05) is 18.3 Å². The number of carbonyl (C=O) groups excluding carboxylic acids is 1. The van der Waals surface area contributed by atoms with Gasteiger partial charge >= 0.3 is 0 Å². The first kappa shape index (κ1) is 13.9. The van der Waals surface area contributed by atoms with E-state index in [-0.39, 0.29) is 5.91 Å². The number of carbonyl (C=O) groups is 1. The van der Waals surface area contributed by atoms with E-state index in [1.165, 1.54) is 18.4 Å². The maximum Gasteiger partial charge on any atom is 0.259 e. The Hall–Kier alpha value is -2.07. The molecule has 0 atom stereocenters. The lowest BCUT2D eigenvalue weighted by molar-refractivity contribution is 0.102. The largest absolute Gasteiger partial charge is 0.466 e. The molecule has 21 heavy (non-hydrogen) atoms. The highest BCUT2D eigenvalue weighted by Gasteiger charge is 2.20. The lowest BCUT2D eigenvalue weighted by Gasteiger charge is -2.08. The van der Waals surface area contributed by atoms with Gasteiger partial charge in [0.1, 0.15) is 11.5 Å². The van der Waals surface area contributed by atoms with Crippen LogP contribution < -0.4 is 10.6 Å². The first-order valence-corrected chi connectivity index (χ1v) is 7.32. The number of amides is 1. The van der Waals surface area contributed by atoms with Gasteiger partial charge in [0.15, 0.2) is 0 Å². The summed E-state index contributed by atoms with van der Waals surface area (Å²) < 4.78 is 5.40. The van der Waals surface area contributed by atoms with Crippen LogP contribution in [0.3, 0.4) is 0 Å². The van der Waals surface area contributed by atoms with Crippen molar-refractivity contribution in [1.82, 2.24) is 5.32 Å². The van der Waals surface area contributed by atoms with Crippen molar-refractivity contribution in [1.29, 1.82) is 0 Å².